The van der Waals surface area contributed by atoms with Crippen molar-refractivity contribution in [3.8, 4) is 0 Å². The smallest absolute Gasteiger partial charge is 0.231 e. The summed E-state index contributed by atoms with van der Waals surface area (Å²) < 4.78 is 25.5. The molecule has 0 saturated carbocycles. The van der Waals surface area contributed by atoms with E-state index in [1.54, 1.807) is 0 Å². The first-order valence-corrected chi connectivity index (χ1v) is 4.23. The number of ketones is 1. The van der Waals surface area contributed by atoms with E-state index in [4.69, 9.17) is 0 Å². The monoisotopic (exact) mass is 213 g/mol. The van der Waals surface area contributed by atoms with E-state index in [-0.39, 0.29) is 17.9 Å². The summed E-state index contributed by atoms with van der Waals surface area (Å²) in [5.74, 6) is -2.54. The number of nitrogens with one attached hydrogen (secondary N) is 1. The van der Waals surface area contributed by atoms with E-state index in [1.165, 1.54) is 6.92 Å². The predicted octanol–water partition coefficient (Wildman–Crippen LogP) is 1.88. The molecule has 5 heteroatoms. The summed E-state index contributed by atoms with van der Waals surface area (Å²) >= 11 is 0. The molecule has 0 aliphatic heterocycles. The van der Waals surface area contributed by atoms with Crippen LogP contribution in [0, 0.1) is 11.6 Å². The van der Waals surface area contributed by atoms with Crippen LogP contribution in [0.1, 0.15) is 13.3 Å². The Morgan fingerprint density at radius 3 is 2.53 bits per heavy atom. The SMILES string of the molecule is CC(=O)CC(=O)Nc1ccc(F)cc1F. The summed E-state index contributed by atoms with van der Waals surface area (Å²) in [5.41, 5.74) is -0.136. The van der Waals surface area contributed by atoms with Gasteiger partial charge in [0.25, 0.3) is 0 Å². The number of anilines is 1. The number of carbonyl (C=O) groups is 2. The molecule has 1 N–H and O–H groups in total. The van der Waals surface area contributed by atoms with Crippen LogP contribution in [0.15, 0.2) is 18.2 Å². The highest BCUT2D eigenvalue weighted by Gasteiger charge is 2.09. The lowest BCUT2D eigenvalue weighted by Crippen LogP contribution is -2.15. The lowest BCUT2D eigenvalue weighted by Gasteiger charge is -2.04. The molecule has 1 amide bonds. The molecule has 80 valence electrons. The van der Waals surface area contributed by atoms with E-state index in [9.17, 15) is 18.4 Å². The highest BCUT2D eigenvalue weighted by atomic mass is 19.1. The number of hydrogen-bond donors (Lipinski definition) is 1. The molecular formula is C10H9F2NO2. The lowest BCUT2D eigenvalue weighted by atomic mass is 10.2. The minimum atomic E-state index is -0.869. The Kier molecular flexibility index (Phi) is 3.49. The fourth-order valence-electron chi connectivity index (χ4n) is 1.01. The fourth-order valence-corrected chi connectivity index (χ4v) is 1.01. The second-order valence-corrected chi connectivity index (χ2v) is 3.05. The Morgan fingerprint density at radius 2 is 2.00 bits per heavy atom. The number of benzene rings is 1. The second-order valence-electron chi connectivity index (χ2n) is 3.05. The van der Waals surface area contributed by atoms with Gasteiger partial charge in [-0.05, 0) is 19.1 Å². The third-order valence-corrected chi connectivity index (χ3v) is 1.61. The van der Waals surface area contributed by atoms with E-state index in [0.29, 0.717) is 6.07 Å². The van der Waals surface area contributed by atoms with Crippen LogP contribution >= 0.6 is 0 Å². The van der Waals surface area contributed by atoms with Gasteiger partial charge in [-0.3, -0.25) is 9.59 Å². The number of carbonyl (C=O) groups excluding carboxylic acids is 2. The van der Waals surface area contributed by atoms with E-state index in [2.05, 4.69) is 5.32 Å². The van der Waals surface area contributed by atoms with Crippen molar-refractivity contribution in [2.45, 2.75) is 13.3 Å². The Bertz CT molecular complexity index is 404. The largest absolute Gasteiger partial charge is 0.323 e. The summed E-state index contributed by atoms with van der Waals surface area (Å²) in [5, 5.41) is 2.17. The fraction of sp³-hybridized carbons (Fsp3) is 0.200. The normalized spacial score (nSPS) is 9.80. The van der Waals surface area contributed by atoms with Crippen molar-refractivity contribution >= 4 is 17.4 Å². The lowest BCUT2D eigenvalue weighted by molar-refractivity contribution is -0.124. The molecular weight excluding hydrogens is 204 g/mol. The molecule has 1 aromatic rings. The molecule has 0 radical (unpaired) electrons. The maximum Gasteiger partial charge on any atom is 0.231 e. The molecule has 0 saturated heterocycles. The van der Waals surface area contributed by atoms with E-state index < -0.39 is 17.5 Å². The molecule has 0 fully saturated rings. The van der Waals surface area contributed by atoms with Gasteiger partial charge >= 0.3 is 0 Å². The average molecular weight is 213 g/mol. The number of rotatable bonds is 3. The molecule has 1 aromatic carbocycles. The van der Waals surface area contributed by atoms with Gasteiger partial charge in [-0.25, -0.2) is 8.78 Å². The maximum absolute atomic E-state index is 13.0. The van der Waals surface area contributed by atoms with Crippen LogP contribution in [0.5, 0.6) is 0 Å². The van der Waals surface area contributed by atoms with Crippen molar-refractivity contribution in [1.29, 1.82) is 0 Å². The van der Waals surface area contributed by atoms with Crippen molar-refractivity contribution in [2.24, 2.45) is 0 Å². The van der Waals surface area contributed by atoms with Gasteiger partial charge in [-0.1, -0.05) is 0 Å². The Hall–Kier alpha value is -1.78. The topological polar surface area (TPSA) is 46.2 Å². The zero-order valence-electron chi connectivity index (χ0n) is 8.01. The van der Waals surface area contributed by atoms with E-state index >= 15 is 0 Å². The van der Waals surface area contributed by atoms with Crippen molar-refractivity contribution in [3.63, 3.8) is 0 Å². The molecule has 0 unspecified atom stereocenters. The molecule has 0 aliphatic rings. The molecule has 0 atom stereocenters. The van der Waals surface area contributed by atoms with Gasteiger partial charge in [0.2, 0.25) is 5.91 Å². The van der Waals surface area contributed by atoms with Crippen LogP contribution in [0.2, 0.25) is 0 Å². The zero-order chi connectivity index (χ0) is 11.4. The zero-order valence-corrected chi connectivity index (χ0v) is 8.01. The first-order valence-electron chi connectivity index (χ1n) is 4.23. The van der Waals surface area contributed by atoms with Crippen molar-refractivity contribution in [1.82, 2.24) is 0 Å². The van der Waals surface area contributed by atoms with Gasteiger partial charge in [-0.15, -0.1) is 0 Å². The van der Waals surface area contributed by atoms with E-state index in [0.717, 1.165) is 12.1 Å². The summed E-state index contributed by atoms with van der Waals surface area (Å²) in [7, 11) is 0. The Balaban J connectivity index is 2.72. The van der Waals surface area contributed by atoms with E-state index in [1.807, 2.05) is 0 Å². The molecule has 3 nitrogen and oxygen atoms in total. The Morgan fingerprint density at radius 1 is 1.33 bits per heavy atom. The number of amides is 1. The minimum absolute atomic E-state index is 0.136. The second kappa shape index (κ2) is 4.63. The Labute approximate surface area is 85.1 Å². The average Bonchev–Trinajstić information content (AvgIpc) is 2.08. The first-order chi connectivity index (χ1) is 6.99. The predicted molar refractivity (Wildman–Crippen MR) is 50.3 cm³/mol. The van der Waals surface area contributed by atoms with Gasteiger partial charge in [0.1, 0.15) is 17.4 Å². The highest BCUT2D eigenvalue weighted by Crippen LogP contribution is 2.14. The quantitative estimate of drug-likeness (QED) is 0.779. The van der Waals surface area contributed by atoms with Gasteiger partial charge in [0.15, 0.2) is 0 Å². The van der Waals surface area contributed by atoms with Crippen LogP contribution < -0.4 is 5.32 Å². The third kappa shape index (κ3) is 3.46. The van der Waals surface area contributed by atoms with Crippen LogP contribution in [0.25, 0.3) is 0 Å². The van der Waals surface area contributed by atoms with Crippen molar-refractivity contribution in [3.05, 3.63) is 29.8 Å². The number of hydrogen-bond acceptors (Lipinski definition) is 2. The number of Topliss-reactive ketones (excluding diaryl/α,β-unsaturated/α-hetero) is 1. The van der Waals surface area contributed by atoms with Gasteiger partial charge < -0.3 is 5.32 Å². The summed E-state index contributed by atoms with van der Waals surface area (Å²) in [6, 6.07) is 2.78. The van der Waals surface area contributed by atoms with Crippen LogP contribution in [0.4, 0.5) is 14.5 Å². The summed E-state index contributed by atoms with van der Waals surface area (Å²) in [4.78, 5) is 21.6. The third-order valence-electron chi connectivity index (χ3n) is 1.61. The first kappa shape index (κ1) is 11.3. The summed E-state index contributed by atoms with van der Waals surface area (Å²) in [6.45, 7) is 1.25. The highest BCUT2D eigenvalue weighted by molar-refractivity contribution is 6.03. The molecule has 15 heavy (non-hydrogen) atoms. The molecule has 0 bridgehead atoms. The van der Waals surface area contributed by atoms with Crippen molar-refractivity contribution in [2.75, 3.05) is 5.32 Å². The molecule has 1 rings (SSSR count). The maximum atomic E-state index is 13.0. The van der Waals surface area contributed by atoms with Crippen molar-refractivity contribution < 1.29 is 18.4 Å². The van der Waals surface area contributed by atoms with Crippen LogP contribution in [0.3, 0.4) is 0 Å². The standard InChI is InChI=1S/C10H9F2NO2/c1-6(14)4-10(15)13-9-3-2-7(11)5-8(9)12/h2-3,5H,4H2,1H3,(H,13,15). The molecule has 0 aliphatic carbocycles. The van der Waals surface area contributed by atoms with Crippen LogP contribution in [-0.2, 0) is 9.59 Å². The van der Waals surface area contributed by atoms with Crippen LogP contribution in [-0.4, -0.2) is 11.7 Å². The van der Waals surface area contributed by atoms with Gasteiger partial charge in [-0.2, -0.15) is 0 Å². The van der Waals surface area contributed by atoms with Gasteiger partial charge in [0.05, 0.1) is 12.1 Å². The molecule has 0 spiro atoms. The molecule has 0 heterocycles. The number of halogens is 2. The summed E-state index contributed by atoms with van der Waals surface area (Å²) in [6.07, 6.45) is -0.323. The van der Waals surface area contributed by atoms with Gasteiger partial charge in [0, 0.05) is 6.07 Å². The molecule has 0 aromatic heterocycles. The minimum Gasteiger partial charge on any atom is -0.323 e.